The first-order valence-corrected chi connectivity index (χ1v) is 9.01. The second-order valence-corrected chi connectivity index (χ2v) is 6.73. The Morgan fingerprint density at radius 1 is 1.27 bits per heavy atom. The largest absolute Gasteiger partial charge is 0.463 e. The number of fused-ring (bicyclic) bond motifs is 1. The van der Waals surface area contributed by atoms with Crippen LogP contribution in [0.2, 0.25) is 0 Å². The van der Waals surface area contributed by atoms with Crippen molar-refractivity contribution in [1.29, 1.82) is 0 Å². The maximum atomic E-state index is 6.00. The van der Waals surface area contributed by atoms with Crippen molar-refractivity contribution < 1.29 is 8.83 Å². The number of thiazole rings is 1. The molecule has 0 aliphatic heterocycles. The number of benzene rings is 1. The quantitative estimate of drug-likeness (QED) is 0.373. The lowest BCUT2D eigenvalue weighted by atomic mass is 10.2. The zero-order valence-electron chi connectivity index (χ0n) is 14.3. The summed E-state index contributed by atoms with van der Waals surface area (Å²) in [6.07, 6.45) is 3.28. The SMILES string of the molecule is C=C(C)CN=c1scc(-c2cc3ccccc3o2)n1N=Cc1ccco1. The van der Waals surface area contributed by atoms with Crippen molar-refractivity contribution in [3.8, 4) is 11.5 Å². The molecular weight excluding hydrogens is 346 g/mol. The molecule has 1 aromatic carbocycles. The highest BCUT2D eigenvalue weighted by Crippen LogP contribution is 2.28. The molecule has 3 aromatic heterocycles. The number of nitrogens with zero attached hydrogens (tertiary/aromatic N) is 3. The van der Waals surface area contributed by atoms with Gasteiger partial charge in [0.1, 0.15) is 17.0 Å². The Kier molecular flexibility index (Phi) is 4.41. The third kappa shape index (κ3) is 3.32. The Hall–Kier alpha value is -3.12. The summed E-state index contributed by atoms with van der Waals surface area (Å²) in [4.78, 5) is 5.37. The molecule has 26 heavy (non-hydrogen) atoms. The van der Waals surface area contributed by atoms with Crippen LogP contribution in [0.15, 0.2) is 85.2 Å². The number of para-hydroxylation sites is 1. The van der Waals surface area contributed by atoms with Crippen LogP contribution in [0.1, 0.15) is 12.7 Å². The van der Waals surface area contributed by atoms with Gasteiger partial charge in [-0.1, -0.05) is 30.4 Å². The first-order valence-electron chi connectivity index (χ1n) is 8.13. The van der Waals surface area contributed by atoms with Gasteiger partial charge in [-0.15, -0.1) is 11.3 Å². The number of aromatic nitrogens is 1. The predicted molar refractivity (Wildman–Crippen MR) is 104 cm³/mol. The highest BCUT2D eigenvalue weighted by molar-refractivity contribution is 7.07. The number of furan rings is 2. The van der Waals surface area contributed by atoms with E-state index in [0.717, 1.165) is 32.8 Å². The zero-order valence-corrected chi connectivity index (χ0v) is 15.1. The van der Waals surface area contributed by atoms with Crippen LogP contribution in [0, 0.1) is 0 Å². The maximum absolute atomic E-state index is 6.00. The molecule has 0 radical (unpaired) electrons. The molecule has 0 saturated carbocycles. The molecule has 0 spiro atoms. The highest BCUT2D eigenvalue weighted by atomic mass is 32.1. The smallest absolute Gasteiger partial charge is 0.206 e. The van der Waals surface area contributed by atoms with Gasteiger partial charge in [-0.25, -0.2) is 4.68 Å². The Morgan fingerprint density at radius 2 is 2.15 bits per heavy atom. The fourth-order valence-corrected chi connectivity index (χ4v) is 3.30. The summed E-state index contributed by atoms with van der Waals surface area (Å²) in [6, 6.07) is 13.6. The molecule has 130 valence electrons. The third-order valence-corrected chi connectivity index (χ3v) is 4.55. The van der Waals surface area contributed by atoms with Gasteiger partial charge in [-0.05, 0) is 31.2 Å². The van der Waals surface area contributed by atoms with Crippen LogP contribution in [0.3, 0.4) is 0 Å². The lowest BCUT2D eigenvalue weighted by Gasteiger charge is -2.00. The summed E-state index contributed by atoms with van der Waals surface area (Å²) in [5.74, 6) is 1.42. The fraction of sp³-hybridized carbons (Fsp3) is 0.100. The maximum Gasteiger partial charge on any atom is 0.206 e. The topological polar surface area (TPSA) is 55.9 Å². The van der Waals surface area contributed by atoms with E-state index in [4.69, 9.17) is 8.83 Å². The molecule has 3 heterocycles. The molecule has 5 nitrogen and oxygen atoms in total. The van der Waals surface area contributed by atoms with Crippen molar-refractivity contribution in [2.24, 2.45) is 10.1 Å². The van der Waals surface area contributed by atoms with E-state index in [9.17, 15) is 0 Å². The number of hydrogen-bond donors (Lipinski definition) is 0. The van der Waals surface area contributed by atoms with E-state index in [-0.39, 0.29) is 0 Å². The summed E-state index contributed by atoms with van der Waals surface area (Å²) in [6.45, 7) is 6.41. The van der Waals surface area contributed by atoms with Crippen LogP contribution in [0.4, 0.5) is 0 Å². The molecule has 0 bridgehead atoms. The Morgan fingerprint density at radius 3 is 2.92 bits per heavy atom. The van der Waals surface area contributed by atoms with Crippen molar-refractivity contribution in [3.05, 3.63) is 76.8 Å². The molecule has 4 aromatic rings. The van der Waals surface area contributed by atoms with Gasteiger partial charge in [0.15, 0.2) is 5.76 Å². The molecule has 0 aliphatic rings. The number of hydrogen-bond acceptors (Lipinski definition) is 5. The summed E-state index contributed by atoms with van der Waals surface area (Å²) in [5, 5.41) is 7.60. The summed E-state index contributed by atoms with van der Waals surface area (Å²) in [7, 11) is 0. The van der Waals surface area contributed by atoms with Crippen LogP contribution >= 0.6 is 11.3 Å². The Bertz CT molecular complexity index is 1110. The lowest BCUT2D eigenvalue weighted by Crippen LogP contribution is -2.12. The predicted octanol–water partition coefficient (Wildman–Crippen LogP) is 4.91. The second-order valence-electron chi connectivity index (χ2n) is 5.90. The van der Waals surface area contributed by atoms with Crippen LogP contribution in [-0.4, -0.2) is 17.4 Å². The number of rotatable bonds is 5. The van der Waals surface area contributed by atoms with Crippen molar-refractivity contribution in [1.82, 2.24) is 4.68 Å². The van der Waals surface area contributed by atoms with Crippen molar-refractivity contribution in [2.45, 2.75) is 6.92 Å². The van der Waals surface area contributed by atoms with E-state index >= 15 is 0 Å². The van der Waals surface area contributed by atoms with Crippen LogP contribution in [-0.2, 0) is 0 Å². The minimum absolute atomic E-state index is 0.552. The van der Waals surface area contributed by atoms with E-state index < -0.39 is 0 Å². The molecule has 0 aliphatic carbocycles. The van der Waals surface area contributed by atoms with E-state index in [1.54, 1.807) is 17.2 Å². The zero-order chi connectivity index (χ0) is 17.9. The summed E-state index contributed by atoms with van der Waals surface area (Å²) >= 11 is 1.51. The van der Waals surface area contributed by atoms with Crippen LogP contribution < -0.4 is 4.80 Å². The summed E-state index contributed by atoms with van der Waals surface area (Å²) < 4.78 is 13.1. The minimum Gasteiger partial charge on any atom is -0.463 e. The molecule has 0 fully saturated rings. The van der Waals surface area contributed by atoms with Crippen LogP contribution in [0.5, 0.6) is 0 Å². The molecular formula is C20H17N3O2S. The third-order valence-electron chi connectivity index (χ3n) is 3.69. The highest BCUT2D eigenvalue weighted by Gasteiger charge is 2.12. The first-order chi connectivity index (χ1) is 12.7. The summed E-state index contributed by atoms with van der Waals surface area (Å²) in [5.41, 5.74) is 2.68. The van der Waals surface area contributed by atoms with E-state index in [1.807, 2.05) is 54.8 Å². The van der Waals surface area contributed by atoms with E-state index in [2.05, 4.69) is 16.7 Å². The molecule has 4 rings (SSSR count). The lowest BCUT2D eigenvalue weighted by molar-refractivity contribution is 0.559. The fourth-order valence-electron chi connectivity index (χ4n) is 2.48. The average Bonchev–Trinajstić information content (AvgIpc) is 3.36. The van der Waals surface area contributed by atoms with Crippen molar-refractivity contribution in [2.75, 3.05) is 6.54 Å². The van der Waals surface area contributed by atoms with Gasteiger partial charge in [-0.2, -0.15) is 5.10 Å². The Labute approximate surface area is 154 Å². The van der Waals surface area contributed by atoms with Crippen molar-refractivity contribution in [3.63, 3.8) is 0 Å². The molecule has 0 unspecified atom stereocenters. The minimum atomic E-state index is 0.552. The average molecular weight is 363 g/mol. The van der Waals surface area contributed by atoms with Gasteiger partial charge in [0.05, 0.1) is 19.0 Å². The monoisotopic (exact) mass is 363 g/mol. The second kappa shape index (κ2) is 7.01. The molecule has 6 heteroatoms. The van der Waals surface area contributed by atoms with Crippen molar-refractivity contribution >= 4 is 28.5 Å². The van der Waals surface area contributed by atoms with Gasteiger partial charge in [0.2, 0.25) is 4.80 Å². The normalized spacial score (nSPS) is 12.4. The van der Waals surface area contributed by atoms with Crippen LogP contribution in [0.25, 0.3) is 22.4 Å². The molecule has 0 amide bonds. The Balaban J connectivity index is 1.83. The van der Waals surface area contributed by atoms with E-state index in [0.29, 0.717) is 12.3 Å². The van der Waals surface area contributed by atoms with Gasteiger partial charge < -0.3 is 8.83 Å². The van der Waals surface area contributed by atoms with Gasteiger partial charge in [0, 0.05) is 10.8 Å². The van der Waals surface area contributed by atoms with E-state index in [1.165, 1.54) is 11.3 Å². The first kappa shape index (κ1) is 16.4. The molecule has 0 atom stereocenters. The van der Waals surface area contributed by atoms with Gasteiger partial charge in [0.25, 0.3) is 0 Å². The molecule has 0 N–H and O–H groups in total. The standard InChI is InChI=1S/C20H17N3O2S/c1-14(2)11-21-20-23(22-12-16-7-5-9-24-16)17(13-26-20)19-10-15-6-3-4-8-18(15)25-19/h3-10,12-13H,1,11H2,2H3. The molecule has 0 saturated heterocycles. The van der Waals surface area contributed by atoms with Gasteiger partial charge >= 0.3 is 0 Å². The van der Waals surface area contributed by atoms with Gasteiger partial charge in [-0.3, -0.25) is 4.99 Å².